The zero-order valence-electron chi connectivity index (χ0n) is 11.3. The summed E-state index contributed by atoms with van der Waals surface area (Å²) in [6.45, 7) is 3.69. The summed E-state index contributed by atoms with van der Waals surface area (Å²) in [5.41, 5.74) is 2.39. The lowest BCUT2D eigenvalue weighted by Gasteiger charge is -2.35. The minimum atomic E-state index is -3.38. The highest BCUT2D eigenvalue weighted by molar-refractivity contribution is 7.89. The molecule has 4 nitrogen and oxygen atoms in total. The van der Waals surface area contributed by atoms with Crippen LogP contribution >= 0.6 is 23.2 Å². The van der Waals surface area contributed by atoms with Gasteiger partial charge in [-0.2, -0.15) is 0 Å². The molecule has 0 saturated heterocycles. The van der Waals surface area contributed by atoms with E-state index < -0.39 is 10.0 Å². The third-order valence-corrected chi connectivity index (χ3v) is 5.30. The van der Waals surface area contributed by atoms with E-state index in [2.05, 4.69) is 11.8 Å². The summed E-state index contributed by atoms with van der Waals surface area (Å²) < 4.78 is 21.9. The molecule has 1 aromatic carbocycles. The second-order valence-electron chi connectivity index (χ2n) is 5.15. The van der Waals surface area contributed by atoms with Crippen molar-refractivity contribution in [2.45, 2.75) is 25.8 Å². The van der Waals surface area contributed by atoms with Gasteiger partial charge in [-0.05, 0) is 49.6 Å². The van der Waals surface area contributed by atoms with Gasteiger partial charge in [0.1, 0.15) is 0 Å². The summed E-state index contributed by atoms with van der Waals surface area (Å²) in [6, 6.07) is 4.04. The minimum absolute atomic E-state index is 0.0183. The number of nitrogens with zero attached hydrogens (tertiary/aromatic N) is 1. The Hall–Kier alpha value is -0.330. The molecule has 0 aliphatic carbocycles. The monoisotopic (exact) mass is 336 g/mol. The van der Waals surface area contributed by atoms with E-state index in [9.17, 15) is 8.42 Å². The van der Waals surface area contributed by atoms with Crippen LogP contribution in [0.1, 0.15) is 30.5 Å². The van der Waals surface area contributed by atoms with Crippen LogP contribution in [0.4, 0.5) is 0 Å². The summed E-state index contributed by atoms with van der Waals surface area (Å²) >= 11 is 12.1. The summed E-state index contributed by atoms with van der Waals surface area (Å²) in [5.74, 6) is 0.0183. The highest BCUT2D eigenvalue weighted by Gasteiger charge is 2.24. The standard InChI is InChI=1S/C13H18Cl2N2O2S/c1-9-11-8-13(15)12(14)7-10(11)3-5-17(9)4-2-6-20(16,18)19/h7-9H,2-6H2,1H3,(H2,16,18,19)/t9-/m0/s1. The molecular weight excluding hydrogens is 319 g/mol. The van der Waals surface area contributed by atoms with Gasteiger partial charge in [-0.15, -0.1) is 0 Å². The van der Waals surface area contributed by atoms with Gasteiger partial charge in [-0.25, -0.2) is 13.6 Å². The van der Waals surface area contributed by atoms with Gasteiger partial charge in [-0.3, -0.25) is 4.90 Å². The average molecular weight is 337 g/mol. The van der Waals surface area contributed by atoms with Crippen LogP contribution in [0.3, 0.4) is 0 Å². The Morgan fingerprint density at radius 1 is 1.35 bits per heavy atom. The maximum Gasteiger partial charge on any atom is 0.209 e. The van der Waals surface area contributed by atoms with Gasteiger partial charge < -0.3 is 0 Å². The maximum atomic E-state index is 11.0. The molecule has 0 fully saturated rings. The van der Waals surface area contributed by atoms with Crippen molar-refractivity contribution in [2.24, 2.45) is 5.14 Å². The molecule has 0 bridgehead atoms. The zero-order valence-corrected chi connectivity index (χ0v) is 13.6. The van der Waals surface area contributed by atoms with Crippen LogP contribution < -0.4 is 5.14 Å². The quantitative estimate of drug-likeness (QED) is 0.919. The lowest BCUT2D eigenvalue weighted by Crippen LogP contribution is -2.35. The van der Waals surface area contributed by atoms with Gasteiger partial charge in [0.2, 0.25) is 10.0 Å². The van der Waals surface area contributed by atoms with Crippen molar-refractivity contribution in [3.63, 3.8) is 0 Å². The Labute approximate surface area is 129 Å². The first-order chi connectivity index (χ1) is 9.28. The van der Waals surface area contributed by atoms with Gasteiger partial charge in [0.15, 0.2) is 0 Å². The molecule has 7 heteroatoms. The predicted octanol–water partition coefficient (Wildman–Crippen LogP) is 2.59. The number of sulfonamides is 1. The van der Waals surface area contributed by atoms with Gasteiger partial charge in [0, 0.05) is 12.6 Å². The van der Waals surface area contributed by atoms with Crippen LogP contribution in [0.2, 0.25) is 10.0 Å². The number of hydrogen-bond donors (Lipinski definition) is 1. The smallest absolute Gasteiger partial charge is 0.209 e. The molecule has 2 N–H and O–H groups in total. The highest BCUT2D eigenvalue weighted by atomic mass is 35.5. The topological polar surface area (TPSA) is 63.4 Å². The summed E-state index contributed by atoms with van der Waals surface area (Å²) in [4.78, 5) is 2.25. The first-order valence-corrected chi connectivity index (χ1v) is 8.97. The van der Waals surface area contributed by atoms with Gasteiger partial charge in [0.25, 0.3) is 0 Å². The van der Waals surface area contributed by atoms with Crippen molar-refractivity contribution in [3.05, 3.63) is 33.3 Å². The van der Waals surface area contributed by atoms with Crippen LogP contribution in [0.5, 0.6) is 0 Å². The minimum Gasteiger partial charge on any atom is -0.296 e. The lowest BCUT2D eigenvalue weighted by atomic mass is 9.93. The summed E-state index contributed by atoms with van der Waals surface area (Å²) in [7, 11) is -3.38. The zero-order chi connectivity index (χ0) is 14.9. The fourth-order valence-electron chi connectivity index (χ4n) is 2.64. The van der Waals surface area contributed by atoms with Crippen LogP contribution in [-0.2, 0) is 16.4 Å². The molecule has 0 spiro atoms. The van der Waals surface area contributed by atoms with Crippen LogP contribution in [0, 0.1) is 0 Å². The first kappa shape index (κ1) is 16.0. The molecule has 0 aromatic heterocycles. The number of halogens is 2. The van der Waals surface area contributed by atoms with Crippen LogP contribution in [-0.4, -0.2) is 32.2 Å². The number of hydrogen-bond acceptors (Lipinski definition) is 3. The second kappa shape index (κ2) is 6.20. The maximum absolute atomic E-state index is 11.0. The number of fused-ring (bicyclic) bond motifs is 1. The van der Waals surface area contributed by atoms with Gasteiger partial charge in [0.05, 0.1) is 15.8 Å². The third kappa shape index (κ3) is 3.86. The Morgan fingerprint density at radius 3 is 2.65 bits per heavy atom. The normalized spacial score (nSPS) is 19.9. The van der Waals surface area contributed by atoms with Crippen molar-refractivity contribution >= 4 is 33.2 Å². The second-order valence-corrected chi connectivity index (χ2v) is 7.70. The average Bonchev–Trinajstić information content (AvgIpc) is 2.33. The SMILES string of the molecule is C[C@H]1c2cc(Cl)c(Cl)cc2CCN1CCCS(N)(=O)=O. The molecule has 20 heavy (non-hydrogen) atoms. The third-order valence-electron chi connectivity index (χ3n) is 3.72. The molecule has 0 radical (unpaired) electrons. The largest absolute Gasteiger partial charge is 0.296 e. The van der Waals surface area contributed by atoms with Crippen LogP contribution in [0.25, 0.3) is 0 Å². The van der Waals surface area contributed by atoms with Gasteiger partial charge in [-0.1, -0.05) is 23.2 Å². The molecule has 1 aromatic rings. The molecule has 0 unspecified atom stereocenters. The molecule has 1 heterocycles. The highest BCUT2D eigenvalue weighted by Crippen LogP contribution is 2.35. The molecule has 112 valence electrons. The first-order valence-electron chi connectivity index (χ1n) is 6.50. The molecule has 2 rings (SSSR count). The van der Waals surface area contributed by atoms with E-state index in [1.807, 2.05) is 12.1 Å². The van der Waals surface area contributed by atoms with E-state index in [1.165, 1.54) is 11.1 Å². The van der Waals surface area contributed by atoms with E-state index >= 15 is 0 Å². The Balaban J connectivity index is 2.07. The molecular formula is C13H18Cl2N2O2S. The summed E-state index contributed by atoms with van der Waals surface area (Å²) in [5, 5.41) is 6.16. The van der Waals surface area contributed by atoms with E-state index in [-0.39, 0.29) is 11.8 Å². The summed E-state index contributed by atoms with van der Waals surface area (Å²) in [6.07, 6.45) is 1.44. The van der Waals surface area contributed by atoms with Crippen molar-refractivity contribution in [1.29, 1.82) is 0 Å². The molecule has 0 saturated carbocycles. The Kier molecular flexibility index (Phi) is 4.97. The van der Waals surface area contributed by atoms with E-state index in [0.717, 1.165) is 13.0 Å². The fourth-order valence-corrected chi connectivity index (χ4v) is 3.53. The molecule has 1 aliphatic heterocycles. The molecule has 1 atom stereocenters. The van der Waals surface area contributed by atoms with Crippen molar-refractivity contribution in [1.82, 2.24) is 4.90 Å². The number of benzene rings is 1. The van der Waals surface area contributed by atoms with Crippen molar-refractivity contribution in [3.8, 4) is 0 Å². The lowest BCUT2D eigenvalue weighted by molar-refractivity contribution is 0.199. The Morgan fingerprint density at radius 2 is 2.00 bits per heavy atom. The van der Waals surface area contributed by atoms with Crippen LogP contribution in [0.15, 0.2) is 12.1 Å². The number of primary sulfonamides is 1. The van der Waals surface area contributed by atoms with E-state index in [4.69, 9.17) is 28.3 Å². The van der Waals surface area contributed by atoms with Crippen molar-refractivity contribution < 1.29 is 8.42 Å². The van der Waals surface area contributed by atoms with E-state index in [1.54, 1.807) is 0 Å². The fraction of sp³-hybridized carbons (Fsp3) is 0.538. The van der Waals surface area contributed by atoms with Crippen molar-refractivity contribution in [2.75, 3.05) is 18.8 Å². The van der Waals surface area contributed by atoms with Gasteiger partial charge >= 0.3 is 0 Å². The molecule has 0 amide bonds. The van der Waals surface area contributed by atoms with E-state index in [0.29, 0.717) is 23.0 Å². The Bertz CT molecular complexity index is 605. The number of rotatable bonds is 4. The molecule has 1 aliphatic rings. The number of nitrogens with two attached hydrogens (primary N) is 1. The predicted molar refractivity (Wildman–Crippen MR) is 82.7 cm³/mol.